The van der Waals surface area contributed by atoms with E-state index < -0.39 is 9.84 Å². The first-order chi connectivity index (χ1) is 13.4. The van der Waals surface area contributed by atoms with Crippen LogP contribution in [0.25, 0.3) is 21.7 Å². The van der Waals surface area contributed by atoms with Crippen molar-refractivity contribution in [1.29, 1.82) is 0 Å². The van der Waals surface area contributed by atoms with E-state index in [4.69, 9.17) is 0 Å². The van der Waals surface area contributed by atoms with E-state index in [1.807, 2.05) is 56.6 Å². The maximum atomic E-state index is 13.5. The molecule has 4 rings (SSSR count). The zero-order valence-corrected chi connectivity index (χ0v) is 17.2. The number of hydrogen-bond acceptors (Lipinski definition) is 3. The number of benzene rings is 3. The van der Waals surface area contributed by atoms with Crippen LogP contribution in [0.5, 0.6) is 0 Å². The monoisotopic (exact) mass is 392 g/mol. The van der Waals surface area contributed by atoms with Crippen LogP contribution in [0.1, 0.15) is 11.3 Å². The minimum Gasteiger partial charge on any atom is -0.348 e. The number of sulfone groups is 1. The highest BCUT2D eigenvalue weighted by Gasteiger charge is 2.22. The SMILES string of the molecule is CNCCc1c(C)n(C)c2ccc(S(=O)(=O)c3cccc4ccccc34)cc12. The molecule has 1 heterocycles. The van der Waals surface area contributed by atoms with Crippen LogP contribution in [0.2, 0.25) is 0 Å². The van der Waals surface area contributed by atoms with Crippen LogP contribution >= 0.6 is 0 Å². The smallest absolute Gasteiger partial charge is 0.207 e. The number of hydrogen-bond donors (Lipinski definition) is 1. The van der Waals surface area contributed by atoms with E-state index in [0.717, 1.165) is 34.6 Å². The molecular weight excluding hydrogens is 368 g/mol. The molecule has 5 heteroatoms. The molecule has 0 aliphatic carbocycles. The first kappa shape index (κ1) is 18.7. The van der Waals surface area contributed by atoms with Crippen molar-refractivity contribution in [2.24, 2.45) is 7.05 Å². The number of aryl methyl sites for hydroxylation is 1. The lowest BCUT2D eigenvalue weighted by molar-refractivity contribution is 0.597. The van der Waals surface area contributed by atoms with Crippen molar-refractivity contribution in [2.75, 3.05) is 13.6 Å². The normalized spacial score (nSPS) is 12.1. The van der Waals surface area contributed by atoms with E-state index >= 15 is 0 Å². The second-order valence-corrected chi connectivity index (χ2v) is 9.05. The summed E-state index contributed by atoms with van der Waals surface area (Å²) < 4.78 is 29.1. The van der Waals surface area contributed by atoms with Gasteiger partial charge in [0, 0.05) is 29.0 Å². The largest absolute Gasteiger partial charge is 0.348 e. The van der Waals surface area contributed by atoms with E-state index in [1.165, 1.54) is 11.3 Å². The topological polar surface area (TPSA) is 51.1 Å². The second-order valence-electron chi connectivity index (χ2n) is 7.14. The Hall–Kier alpha value is -2.63. The fourth-order valence-electron chi connectivity index (χ4n) is 3.92. The molecule has 0 saturated heterocycles. The number of nitrogens with one attached hydrogen (secondary N) is 1. The standard InChI is InChI=1S/C23H24N2O2S/c1-16-19(13-14-24-2)21-15-18(11-12-22(21)25(16)3)28(26,27)23-10-6-8-17-7-4-5-9-20(17)23/h4-12,15,24H,13-14H2,1-3H3. The van der Waals surface area contributed by atoms with Gasteiger partial charge < -0.3 is 9.88 Å². The minimum atomic E-state index is -3.62. The average molecular weight is 393 g/mol. The van der Waals surface area contributed by atoms with E-state index in [-0.39, 0.29) is 0 Å². The highest BCUT2D eigenvalue weighted by Crippen LogP contribution is 2.32. The molecule has 1 aromatic heterocycles. The lowest BCUT2D eigenvalue weighted by Crippen LogP contribution is -2.11. The van der Waals surface area contributed by atoms with Gasteiger partial charge in [-0.3, -0.25) is 0 Å². The van der Waals surface area contributed by atoms with Crippen LogP contribution in [0, 0.1) is 6.92 Å². The zero-order valence-electron chi connectivity index (χ0n) is 16.4. The van der Waals surface area contributed by atoms with Gasteiger partial charge in [0.25, 0.3) is 0 Å². The van der Waals surface area contributed by atoms with Gasteiger partial charge in [0.1, 0.15) is 0 Å². The molecule has 0 aliphatic rings. The maximum absolute atomic E-state index is 13.5. The highest BCUT2D eigenvalue weighted by atomic mass is 32.2. The Morgan fingerprint density at radius 1 is 0.964 bits per heavy atom. The number of nitrogens with zero attached hydrogens (tertiary/aromatic N) is 1. The van der Waals surface area contributed by atoms with Gasteiger partial charge in [0.2, 0.25) is 9.84 Å². The third-order valence-electron chi connectivity index (χ3n) is 5.57. The summed E-state index contributed by atoms with van der Waals surface area (Å²) in [6.45, 7) is 2.93. The molecule has 0 bridgehead atoms. The Bertz CT molecular complexity index is 1280. The Balaban J connectivity index is 1.93. The molecule has 0 spiro atoms. The lowest BCUT2D eigenvalue weighted by Gasteiger charge is -2.09. The molecule has 4 aromatic rings. The lowest BCUT2D eigenvalue weighted by atomic mass is 10.1. The van der Waals surface area contributed by atoms with Crippen molar-refractivity contribution in [3.63, 3.8) is 0 Å². The predicted molar refractivity (Wildman–Crippen MR) is 115 cm³/mol. The van der Waals surface area contributed by atoms with Crippen LogP contribution in [0.15, 0.2) is 70.5 Å². The third kappa shape index (κ3) is 2.91. The second kappa shape index (κ2) is 7.08. The van der Waals surface area contributed by atoms with Crippen molar-refractivity contribution in [3.05, 3.63) is 71.9 Å². The Morgan fingerprint density at radius 2 is 1.71 bits per heavy atom. The van der Waals surface area contributed by atoms with Gasteiger partial charge in [-0.2, -0.15) is 0 Å². The van der Waals surface area contributed by atoms with Gasteiger partial charge >= 0.3 is 0 Å². The van der Waals surface area contributed by atoms with Crippen molar-refractivity contribution >= 4 is 31.5 Å². The number of rotatable bonds is 5. The Labute approximate surface area is 165 Å². The van der Waals surface area contributed by atoms with Gasteiger partial charge in [-0.05, 0) is 62.2 Å². The number of aromatic nitrogens is 1. The molecule has 0 fully saturated rings. The van der Waals surface area contributed by atoms with Crippen molar-refractivity contribution < 1.29 is 8.42 Å². The molecule has 0 amide bonds. The summed E-state index contributed by atoms with van der Waals surface area (Å²) in [6.07, 6.45) is 0.859. The summed E-state index contributed by atoms with van der Waals surface area (Å²) in [7, 11) is 0.332. The van der Waals surface area contributed by atoms with Crippen LogP contribution < -0.4 is 5.32 Å². The van der Waals surface area contributed by atoms with Crippen molar-refractivity contribution in [2.45, 2.75) is 23.1 Å². The third-order valence-corrected chi connectivity index (χ3v) is 7.38. The van der Waals surface area contributed by atoms with Gasteiger partial charge in [0.15, 0.2) is 0 Å². The average Bonchev–Trinajstić information content (AvgIpc) is 2.95. The van der Waals surface area contributed by atoms with E-state index in [1.54, 1.807) is 18.2 Å². The van der Waals surface area contributed by atoms with E-state index in [0.29, 0.717) is 9.79 Å². The summed E-state index contributed by atoms with van der Waals surface area (Å²) in [4.78, 5) is 0.696. The summed E-state index contributed by atoms with van der Waals surface area (Å²) in [5.41, 5.74) is 3.42. The molecule has 144 valence electrons. The van der Waals surface area contributed by atoms with E-state index in [2.05, 4.69) is 16.8 Å². The summed E-state index contributed by atoms with van der Waals surface area (Å²) >= 11 is 0. The van der Waals surface area contributed by atoms with Crippen LogP contribution in [0.3, 0.4) is 0 Å². The molecule has 0 unspecified atom stereocenters. The molecule has 0 aliphatic heterocycles. The molecule has 1 N–H and O–H groups in total. The van der Waals surface area contributed by atoms with Crippen molar-refractivity contribution in [1.82, 2.24) is 9.88 Å². The Morgan fingerprint density at radius 3 is 2.50 bits per heavy atom. The first-order valence-electron chi connectivity index (χ1n) is 9.40. The number of likely N-dealkylation sites (N-methyl/N-ethyl adjacent to an activating group) is 1. The van der Waals surface area contributed by atoms with Crippen LogP contribution in [0.4, 0.5) is 0 Å². The Kier molecular flexibility index (Phi) is 4.73. The number of fused-ring (bicyclic) bond motifs is 2. The van der Waals surface area contributed by atoms with Crippen LogP contribution in [-0.2, 0) is 23.3 Å². The molecular formula is C23H24N2O2S. The minimum absolute atomic E-state index is 0.340. The predicted octanol–water partition coefficient (Wildman–Crippen LogP) is 4.23. The molecule has 0 radical (unpaired) electrons. The maximum Gasteiger partial charge on any atom is 0.207 e. The molecule has 0 atom stereocenters. The molecule has 4 nitrogen and oxygen atoms in total. The highest BCUT2D eigenvalue weighted by molar-refractivity contribution is 7.91. The summed E-state index contributed by atoms with van der Waals surface area (Å²) in [6, 6.07) is 18.5. The molecule has 0 saturated carbocycles. The van der Waals surface area contributed by atoms with Gasteiger partial charge in [-0.15, -0.1) is 0 Å². The molecule has 28 heavy (non-hydrogen) atoms. The van der Waals surface area contributed by atoms with E-state index in [9.17, 15) is 8.42 Å². The summed E-state index contributed by atoms with van der Waals surface area (Å²) in [5, 5.41) is 5.87. The van der Waals surface area contributed by atoms with Crippen LogP contribution in [-0.4, -0.2) is 26.6 Å². The molecule has 3 aromatic carbocycles. The van der Waals surface area contributed by atoms with Gasteiger partial charge in [0.05, 0.1) is 9.79 Å². The van der Waals surface area contributed by atoms with Crippen molar-refractivity contribution in [3.8, 4) is 0 Å². The first-order valence-corrected chi connectivity index (χ1v) is 10.9. The fourth-order valence-corrected chi connectivity index (χ4v) is 5.42. The zero-order chi connectivity index (χ0) is 19.9. The quantitative estimate of drug-likeness (QED) is 0.553. The van der Waals surface area contributed by atoms with Gasteiger partial charge in [-0.1, -0.05) is 36.4 Å². The fraction of sp³-hybridized carbons (Fsp3) is 0.217. The summed E-state index contributed by atoms with van der Waals surface area (Å²) in [5.74, 6) is 0. The van der Waals surface area contributed by atoms with Gasteiger partial charge in [-0.25, -0.2) is 8.42 Å².